The highest BCUT2D eigenvalue weighted by Crippen LogP contribution is 2.23. The number of carbonyl (C=O) groups excluding carboxylic acids is 1. The summed E-state index contributed by atoms with van der Waals surface area (Å²) < 4.78 is 16.6. The Hall–Kier alpha value is -2.11. The second-order valence-electron chi connectivity index (χ2n) is 6.00. The van der Waals surface area contributed by atoms with Crippen LogP contribution in [0.25, 0.3) is 11.3 Å². The summed E-state index contributed by atoms with van der Waals surface area (Å²) in [6, 6.07) is 12.1. The molecule has 1 amide bonds. The summed E-state index contributed by atoms with van der Waals surface area (Å²) in [5, 5.41) is 2.88. The summed E-state index contributed by atoms with van der Waals surface area (Å²) in [6.07, 6.45) is 0.938. The summed E-state index contributed by atoms with van der Waals surface area (Å²) in [4.78, 5) is 11.9. The Bertz CT molecular complexity index is 656. The quantitative estimate of drug-likeness (QED) is 0.885. The van der Waals surface area contributed by atoms with Gasteiger partial charge in [0.15, 0.2) is 0 Å². The molecule has 2 aromatic rings. The lowest BCUT2D eigenvalue weighted by molar-refractivity contribution is -0.124. The molecule has 1 N–H and O–H groups in total. The molecular formula is C19H23NO4. The van der Waals surface area contributed by atoms with Crippen LogP contribution in [-0.2, 0) is 20.7 Å². The summed E-state index contributed by atoms with van der Waals surface area (Å²) >= 11 is 0. The summed E-state index contributed by atoms with van der Waals surface area (Å²) in [5.41, 5.74) is 2.26. The molecule has 1 aliphatic heterocycles. The van der Waals surface area contributed by atoms with Gasteiger partial charge in [-0.15, -0.1) is 0 Å². The Morgan fingerprint density at radius 2 is 2.00 bits per heavy atom. The lowest BCUT2D eigenvalue weighted by atomic mass is 10.1. The van der Waals surface area contributed by atoms with Gasteiger partial charge in [-0.25, -0.2) is 0 Å². The average Bonchev–Trinajstić information content (AvgIpc) is 3.09. The highest BCUT2D eigenvalue weighted by Gasteiger charge is 2.15. The van der Waals surface area contributed by atoms with Crippen molar-refractivity contribution in [2.24, 2.45) is 0 Å². The summed E-state index contributed by atoms with van der Waals surface area (Å²) in [6.45, 7) is 4.31. The van der Waals surface area contributed by atoms with Gasteiger partial charge in [-0.3, -0.25) is 4.79 Å². The Morgan fingerprint density at radius 3 is 2.75 bits per heavy atom. The molecule has 0 spiro atoms. The first-order valence-electron chi connectivity index (χ1n) is 8.32. The molecule has 5 heteroatoms. The van der Waals surface area contributed by atoms with Gasteiger partial charge in [0.1, 0.15) is 11.5 Å². The molecule has 24 heavy (non-hydrogen) atoms. The third kappa shape index (κ3) is 4.69. The topological polar surface area (TPSA) is 60.7 Å². The zero-order valence-corrected chi connectivity index (χ0v) is 13.9. The molecule has 1 aromatic heterocycles. The van der Waals surface area contributed by atoms with E-state index >= 15 is 0 Å². The Morgan fingerprint density at radius 1 is 1.17 bits per heavy atom. The van der Waals surface area contributed by atoms with Crippen molar-refractivity contribution >= 4 is 5.91 Å². The molecular weight excluding hydrogens is 306 g/mol. The van der Waals surface area contributed by atoms with E-state index in [4.69, 9.17) is 13.9 Å². The van der Waals surface area contributed by atoms with Crippen LogP contribution in [0.1, 0.15) is 17.7 Å². The molecule has 0 bridgehead atoms. The zero-order chi connectivity index (χ0) is 16.8. The maximum absolute atomic E-state index is 11.9. The van der Waals surface area contributed by atoms with Crippen molar-refractivity contribution in [3.05, 3.63) is 47.7 Å². The number of nitrogens with one attached hydrogen (secondary N) is 1. The second kappa shape index (κ2) is 8.13. The lowest BCUT2D eigenvalue weighted by Gasteiger charge is -2.23. The van der Waals surface area contributed by atoms with E-state index in [0.717, 1.165) is 17.1 Å². The standard InChI is InChI=1S/C19H23NO4/c1-14-2-4-15(5-3-14)18-8-6-16(24-18)7-9-19(21)20-12-17-13-22-10-11-23-17/h2-6,8,17H,7,9-13H2,1H3,(H,20,21)/t17-/m1/s1. The number of rotatable bonds is 6. The maximum atomic E-state index is 11.9. The highest BCUT2D eigenvalue weighted by molar-refractivity contribution is 5.76. The molecule has 0 unspecified atom stereocenters. The van der Waals surface area contributed by atoms with Gasteiger partial charge in [0.2, 0.25) is 5.91 Å². The van der Waals surface area contributed by atoms with E-state index in [0.29, 0.717) is 39.2 Å². The van der Waals surface area contributed by atoms with Crippen LogP contribution in [0.4, 0.5) is 0 Å². The molecule has 3 rings (SSSR count). The number of carbonyl (C=O) groups is 1. The van der Waals surface area contributed by atoms with Crippen LogP contribution in [0.5, 0.6) is 0 Å². The first-order chi connectivity index (χ1) is 11.7. The molecule has 0 radical (unpaired) electrons. The van der Waals surface area contributed by atoms with Gasteiger partial charge in [-0.1, -0.05) is 29.8 Å². The van der Waals surface area contributed by atoms with E-state index in [-0.39, 0.29) is 12.0 Å². The van der Waals surface area contributed by atoms with Gasteiger partial charge in [0, 0.05) is 24.9 Å². The van der Waals surface area contributed by atoms with Gasteiger partial charge in [0.25, 0.3) is 0 Å². The number of hydrogen-bond acceptors (Lipinski definition) is 4. The van der Waals surface area contributed by atoms with E-state index in [2.05, 4.69) is 24.4 Å². The van der Waals surface area contributed by atoms with Gasteiger partial charge in [-0.2, -0.15) is 0 Å². The van der Waals surface area contributed by atoms with Crippen LogP contribution in [0, 0.1) is 6.92 Å². The highest BCUT2D eigenvalue weighted by atomic mass is 16.6. The minimum atomic E-state index is -0.0422. The number of furan rings is 1. The van der Waals surface area contributed by atoms with Crippen LogP contribution < -0.4 is 5.32 Å². The van der Waals surface area contributed by atoms with Crippen molar-refractivity contribution in [1.82, 2.24) is 5.32 Å². The number of ether oxygens (including phenoxy) is 2. The molecule has 1 aliphatic rings. The Labute approximate surface area is 141 Å². The van der Waals surface area contributed by atoms with Crippen molar-refractivity contribution < 1.29 is 18.7 Å². The SMILES string of the molecule is Cc1ccc(-c2ccc(CCC(=O)NC[C@@H]3COCCO3)o2)cc1. The molecule has 0 saturated carbocycles. The molecule has 1 saturated heterocycles. The van der Waals surface area contributed by atoms with Crippen LogP contribution in [0.3, 0.4) is 0 Å². The van der Waals surface area contributed by atoms with Crippen molar-refractivity contribution in [2.45, 2.75) is 25.9 Å². The molecule has 1 atom stereocenters. The molecule has 0 aliphatic carbocycles. The fraction of sp³-hybridized carbons (Fsp3) is 0.421. The number of benzene rings is 1. The predicted molar refractivity (Wildman–Crippen MR) is 90.8 cm³/mol. The molecule has 2 heterocycles. The average molecular weight is 329 g/mol. The fourth-order valence-corrected chi connectivity index (χ4v) is 2.59. The Balaban J connectivity index is 1.44. The summed E-state index contributed by atoms with van der Waals surface area (Å²) in [5.74, 6) is 1.65. The predicted octanol–water partition coefficient (Wildman–Crippen LogP) is 2.72. The normalized spacial score (nSPS) is 17.6. The maximum Gasteiger partial charge on any atom is 0.220 e. The first-order valence-corrected chi connectivity index (χ1v) is 8.32. The molecule has 5 nitrogen and oxygen atoms in total. The van der Waals surface area contributed by atoms with E-state index in [9.17, 15) is 4.79 Å². The minimum absolute atomic E-state index is 0.00235. The van der Waals surface area contributed by atoms with Crippen molar-refractivity contribution in [1.29, 1.82) is 0 Å². The lowest BCUT2D eigenvalue weighted by Crippen LogP contribution is -2.39. The van der Waals surface area contributed by atoms with Crippen LogP contribution >= 0.6 is 0 Å². The second-order valence-corrected chi connectivity index (χ2v) is 6.00. The minimum Gasteiger partial charge on any atom is -0.461 e. The smallest absolute Gasteiger partial charge is 0.220 e. The molecule has 128 valence electrons. The fourth-order valence-electron chi connectivity index (χ4n) is 2.59. The van der Waals surface area contributed by atoms with Crippen molar-refractivity contribution in [2.75, 3.05) is 26.4 Å². The van der Waals surface area contributed by atoms with E-state index in [1.807, 2.05) is 24.3 Å². The Kier molecular flexibility index (Phi) is 5.67. The van der Waals surface area contributed by atoms with Crippen LogP contribution in [0.2, 0.25) is 0 Å². The zero-order valence-electron chi connectivity index (χ0n) is 13.9. The number of aryl methyl sites for hydroxylation is 2. The number of hydrogen-bond donors (Lipinski definition) is 1. The molecule has 1 aromatic carbocycles. The van der Waals surface area contributed by atoms with E-state index in [1.54, 1.807) is 0 Å². The van der Waals surface area contributed by atoms with Gasteiger partial charge >= 0.3 is 0 Å². The van der Waals surface area contributed by atoms with Crippen molar-refractivity contribution in [3.63, 3.8) is 0 Å². The van der Waals surface area contributed by atoms with Gasteiger partial charge in [-0.05, 0) is 19.1 Å². The largest absolute Gasteiger partial charge is 0.461 e. The van der Waals surface area contributed by atoms with Gasteiger partial charge in [0.05, 0.1) is 25.9 Å². The number of amides is 1. The van der Waals surface area contributed by atoms with Crippen LogP contribution in [-0.4, -0.2) is 38.4 Å². The third-order valence-corrected chi connectivity index (χ3v) is 4.01. The third-order valence-electron chi connectivity index (χ3n) is 4.01. The van der Waals surface area contributed by atoms with E-state index < -0.39 is 0 Å². The van der Waals surface area contributed by atoms with Gasteiger partial charge < -0.3 is 19.2 Å². The first kappa shape index (κ1) is 16.7. The summed E-state index contributed by atoms with van der Waals surface area (Å²) in [7, 11) is 0. The molecule has 1 fully saturated rings. The van der Waals surface area contributed by atoms with Crippen molar-refractivity contribution in [3.8, 4) is 11.3 Å². The van der Waals surface area contributed by atoms with Crippen LogP contribution in [0.15, 0.2) is 40.8 Å². The van der Waals surface area contributed by atoms with E-state index in [1.165, 1.54) is 5.56 Å². The monoisotopic (exact) mass is 329 g/mol.